The lowest BCUT2D eigenvalue weighted by Gasteiger charge is -2.15. The molecule has 8 heteroatoms. The number of hydrogen-bond donors (Lipinski definition) is 0. The third kappa shape index (κ3) is 5.83. The SMILES string of the molecule is CCOC(=O)c1nc(Br)n(COCC[Si](C)(C)C)n1. The van der Waals surface area contributed by atoms with Crippen molar-refractivity contribution in [2.45, 2.75) is 39.3 Å². The number of carbonyl (C=O) groups is 1. The summed E-state index contributed by atoms with van der Waals surface area (Å²) < 4.78 is 12.3. The van der Waals surface area contributed by atoms with E-state index in [1.54, 1.807) is 6.92 Å². The summed E-state index contributed by atoms with van der Waals surface area (Å²) in [6.45, 7) is 9.89. The maximum Gasteiger partial charge on any atom is 0.378 e. The topological polar surface area (TPSA) is 66.2 Å². The van der Waals surface area contributed by atoms with Gasteiger partial charge in [-0.15, -0.1) is 5.10 Å². The molecule has 0 N–H and O–H groups in total. The molecule has 108 valence electrons. The molecule has 1 rings (SSSR count). The van der Waals surface area contributed by atoms with E-state index in [0.29, 0.717) is 17.9 Å². The van der Waals surface area contributed by atoms with Gasteiger partial charge in [-0.25, -0.2) is 9.48 Å². The molecule has 0 amide bonds. The molecule has 0 aliphatic carbocycles. The lowest BCUT2D eigenvalue weighted by atomic mass is 10.6. The molecular weight excluding hydrogens is 330 g/mol. The highest BCUT2D eigenvalue weighted by molar-refractivity contribution is 9.10. The van der Waals surface area contributed by atoms with Crippen LogP contribution in [0.3, 0.4) is 0 Å². The molecule has 1 heterocycles. The monoisotopic (exact) mass is 349 g/mol. The normalized spacial score (nSPS) is 11.6. The van der Waals surface area contributed by atoms with Crippen LogP contribution in [0.4, 0.5) is 0 Å². The first kappa shape index (κ1) is 16.3. The van der Waals surface area contributed by atoms with Crippen LogP contribution in [-0.2, 0) is 16.2 Å². The molecule has 19 heavy (non-hydrogen) atoms. The third-order valence-electron chi connectivity index (χ3n) is 2.29. The summed E-state index contributed by atoms with van der Waals surface area (Å²) in [7, 11) is -1.09. The first-order valence-electron chi connectivity index (χ1n) is 6.18. The van der Waals surface area contributed by atoms with Crippen molar-refractivity contribution in [3.63, 3.8) is 0 Å². The van der Waals surface area contributed by atoms with Crippen molar-refractivity contribution in [2.75, 3.05) is 13.2 Å². The van der Waals surface area contributed by atoms with Gasteiger partial charge in [0.2, 0.25) is 0 Å². The molecule has 0 fully saturated rings. The van der Waals surface area contributed by atoms with Gasteiger partial charge in [0.05, 0.1) is 6.61 Å². The first-order chi connectivity index (χ1) is 8.83. The van der Waals surface area contributed by atoms with E-state index in [9.17, 15) is 4.79 Å². The van der Waals surface area contributed by atoms with E-state index in [0.717, 1.165) is 6.04 Å². The van der Waals surface area contributed by atoms with E-state index in [1.807, 2.05) is 0 Å². The maximum atomic E-state index is 11.5. The second-order valence-electron chi connectivity index (χ2n) is 5.27. The van der Waals surface area contributed by atoms with Crippen LogP contribution in [0.15, 0.2) is 4.73 Å². The Bertz CT molecular complexity index is 431. The van der Waals surface area contributed by atoms with Crippen molar-refractivity contribution in [3.05, 3.63) is 10.6 Å². The quantitative estimate of drug-likeness (QED) is 0.429. The molecular formula is C11H20BrN3O3Si. The summed E-state index contributed by atoms with van der Waals surface area (Å²) in [4.78, 5) is 15.4. The zero-order chi connectivity index (χ0) is 14.5. The zero-order valence-corrected chi connectivity index (χ0v) is 14.4. The predicted octanol–water partition coefficient (Wildman–Crippen LogP) is 2.53. The van der Waals surface area contributed by atoms with Gasteiger partial charge >= 0.3 is 5.97 Å². The molecule has 0 saturated carbocycles. The van der Waals surface area contributed by atoms with Crippen LogP contribution in [0, 0.1) is 0 Å². The van der Waals surface area contributed by atoms with Crippen molar-refractivity contribution in [1.82, 2.24) is 14.8 Å². The van der Waals surface area contributed by atoms with E-state index in [1.165, 1.54) is 4.68 Å². The number of halogens is 1. The second kappa shape index (κ2) is 7.16. The fourth-order valence-electron chi connectivity index (χ4n) is 1.22. The van der Waals surface area contributed by atoms with E-state index in [2.05, 4.69) is 45.7 Å². The highest BCUT2D eigenvalue weighted by Gasteiger charge is 2.16. The fourth-order valence-corrected chi connectivity index (χ4v) is 2.32. The lowest BCUT2D eigenvalue weighted by Crippen LogP contribution is -2.22. The summed E-state index contributed by atoms with van der Waals surface area (Å²) in [6, 6.07) is 1.09. The summed E-state index contributed by atoms with van der Waals surface area (Å²) in [6.07, 6.45) is 0. The average Bonchev–Trinajstić information content (AvgIpc) is 2.66. The third-order valence-corrected chi connectivity index (χ3v) is 4.59. The maximum absolute atomic E-state index is 11.5. The Morgan fingerprint density at radius 2 is 2.11 bits per heavy atom. The van der Waals surface area contributed by atoms with Crippen molar-refractivity contribution in [1.29, 1.82) is 0 Å². The van der Waals surface area contributed by atoms with E-state index < -0.39 is 14.0 Å². The average molecular weight is 350 g/mol. The molecule has 0 radical (unpaired) electrons. The Morgan fingerprint density at radius 3 is 2.68 bits per heavy atom. The molecule has 0 aromatic carbocycles. The molecule has 6 nitrogen and oxygen atoms in total. The van der Waals surface area contributed by atoms with Gasteiger partial charge < -0.3 is 9.47 Å². The zero-order valence-electron chi connectivity index (χ0n) is 11.8. The highest BCUT2D eigenvalue weighted by Crippen LogP contribution is 2.10. The minimum Gasteiger partial charge on any atom is -0.460 e. The summed E-state index contributed by atoms with van der Waals surface area (Å²) in [5.41, 5.74) is 0. The van der Waals surface area contributed by atoms with E-state index in [-0.39, 0.29) is 12.6 Å². The van der Waals surface area contributed by atoms with E-state index >= 15 is 0 Å². The molecule has 0 unspecified atom stereocenters. The van der Waals surface area contributed by atoms with Crippen LogP contribution in [0.25, 0.3) is 0 Å². The van der Waals surface area contributed by atoms with Gasteiger partial charge in [-0.3, -0.25) is 0 Å². The van der Waals surface area contributed by atoms with Gasteiger partial charge in [0.1, 0.15) is 6.73 Å². The molecule has 1 aromatic heterocycles. The summed E-state index contributed by atoms with van der Waals surface area (Å²) >= 11 is 3.24. The largest absolute Gasteiger partial charge is 0.460 e. The van der Waals surface area contributed by atoms with Crippen LogP contribution in [0.2, 0.25) is 25.7 Å². The van der Waals surface area contributed by atoms with Crippen LogP contribution in [-0.4, -0.2) is 42.0 Å². The Morgan fingerprint density at radius 1 is 1.42 bits per heavy atom. The number of carbonyl (C=O) groups excluding carboxylic acids is 1. The molecule has 0 aliphatic heterocycles. The van der Waals surface area contributed by atoms with Crippen molar-refractivity contribution >= 4 is 30.0 Å². The van der Waals surface area contributed by atoms with Crippen LogP contribution < -0.4 is 0 Å². The smallest absolute Gasteiger partial charge is 0.378 e. The van der Waals surface area contributed by atoms with Crippen LogP contribution >= 0.6 is 15.9 Å². The second-order valence-corrected chi connectivity index (χ2v) is 11.6. The summed E-state index contributed by atoms with van der Waals surface area (Å²) in [5, 5.41) is 4.03. The summed E-state index contributed by atoms with van der Waals surface area (Å²) in [5.74, 6) is -0.480. The molecule has 1 aromatic rings. The number of ether oxygens (including phenoxy) is 2. The van der Waals surface area contributed by atoms with Gasteiger partial charge in [0.15, 0.2) is 4.73 Å². The highest BCUT2D eigenvalue weighted by atomic mass is 79.9. The molecule has 0 aliphatic rings. The lowest BCUT2D eigenvalue weighted by molar-refractivity contribution is 0.0505. The number of nitrogens with zero attached hydrogens (tertiary/aromatic N) is 3. The number of hydrogen-bond acceptors (Lipinski definition) is 5. The van der Waals surface area contributed by atoms with Crippen LogP contribution in [0.5, 0.6) is 0 Å². The number of aromatic nitrogens is 3. The standard InChI is InChI=1S/C11H20BrN3O3Si/c1-5-18-10(16)9-13-11(12)15(14-9)8-17-6-7-19(2,3)4/h5-8H2,1-4H3. The predicted molar refractivity (Wildman–Crippen MR) is 77.8 cm³/mol. The van der Waals surface area contributed by atoms with Gasteiger partial charge in [0.25, 0.3) is 5.82 Å². The Kier molecular flexibility index (Phi) is 6.15. The van der Waals surface area contributed by atoms with Crippen LogP contribution in [0.1, 0.15) is 17.5 Å². The molecule has 0 saturated heterocycles. The first-order valence-corrected chi connectivity index (χ1v) is 10.7. The Hall–Kier alpha value is -0.733. The van der Waals surface area contributed by atoms with E-state index in [4.69, 9.17) is 9.47 Å². The van der Waals surface area contributed by atoms with Gasteiger partial charge in [-0.2, -0.15) is 4.98 Å². The van der Waals surface area contributed by atoms with Crippen molar-refractivity contribution in [2.24, 2.45) is 0 Å². The number of esters is 1. The van der Waals surface area contributed by atoms with Gasteiger partial charge in [0, 0.05) is 14.7 Å². The molecule has 0 atom stereocenters. The fraction of sp³-hybridized carbons (Fsp3) is 0.727. The minimum atomic E-state index is -1.09. The van der Waals surface area contributed by atoms with Crippen molar-refractivity contribution < 1.29 is 14.3 Å². The minimum absolute atomic E-state index is 0.0440. The van der Waals surface area contributed by atoms with Gasteiger partial charge in [-0.1, -0.05) is 19.6 Å². The van der Waals surface area contributed by atoms with Gasteiger partial charge in [-0.05, 0) is 28.9 Å². The van der Waals surface area contributed by atoms with Crippen molar-refractivity contribution in [3.8, 4) is 0 Å². The number of rotatable bonds is 7. The molecule has 0 bridgehead atoms. The Balaban J connectivity index is 2.48. The Labute approximate surface area is 122 Å². The molecule has 0 spiro atoms.